The molecule has 1 atom stereocenters. The molecule has 2 aromatic heterocycles. The van der Waals surface area contributed by atoms with Crippen molar-refractivity contribution in [1.82, 2.24) is 15.3 Å². The van der Waals surface area contributed by atoms with Crippen molar-refractivity contribution < 1.29 is 18.2 Å². The lowest BCUT2D eigenvalue weighted by molar-refractivity contribution is 0.250. The molecule has 0 saturated heterocycles. The van der Waals surface area contributed by atoms with E-state index in [0.29, 0.717) is 0 Å². The molecule has 2 amide bonds. The third kappa shape index (κ3) is 5.19. The van der Waals surface area contributed by atoms with E-state index in [1.807, 2.05) is 19.1 Å². The van der Waals surface area contributed by atoms with E-state index in [-0.39, 0.29) is 39.9 Å². The summed E-state index contributed by atoms with van der Waals surface area (Å²) < 4.78 is 20.0. The number of hydrogen-bond acceptors (Lipinski definition) is 6. The van der Waals surface area contributed by atoms with Gasteiger partial charge in [0.1, 0.15) is 6.61 Å². The van der Waals surface area contributed by atoms with Crippen LogP contribution < -0.4 is 16.4 Å². The smallest absolute Gasteiger partial charge is 0.320 e. The Morgan fingerprint density at radius 2 is 2.20 bits per heavy atom. The maximum atomic E-state index is 14.6. The Kier molecular flexibility index (Phi) is 6.74. The van der Waals surface area contributed by atoms with Crippen LogP contribution in [0.15, 0.2) is 54.5 Å². The molecule has 2 heterocycles. The summed E-state index contributed by atoms with van der Waals surface area (Å²) in [6, 6.07) is 2.67. The second-order valence-corrected chi connectivity index (χ2v) is 6.75. The van der Waals surface area contributed by atoms with Crippen molar-refractivity contribution in [1.29, 1.82) is 5.41 Å². The molecule has 1 aliphatic carbocycles. The summed E-state index contributed by atoms with van der Waals surface area (Å²) in [7, 11) is 0. The summed E-state index contributed by atoms with van der Waals surface area (Å²) in [5, 5.41) is 13.1. The Morgan fingerprint density at radius 1 is 1.43 bits per heavy atom. The number of anilines is 2. The topological polar surface area (TPSA) is 126 Å². The molecule has 0 aromatic carbocycles. The fourth-order valence-electron chi connectivity index (χ4n) is 2.90. The van der Waals surface area contributed by atoms with Gasteiger partial charge in [0.2, 0.25) is 5.90 Å². The second-order valence-electron chi connectivity index (χ2n) is 6.75. The Balaban J connectivity index is 0.00000341. The minimum Gasteiger partial charge on any atom is -0.473 e. The molecule has 0 unspecified atom stereocenters. The molecular formula is C21H29FN6O2. The number of amides is 2. The molecular weight excluding hydrogens is 387 g/mol. The van der Waals surface area contributed by atoms with Crippen LogP contribution in [0, 0.1) is 11.2 Å². The summed E-state index contributed by atoms with van der Waals surface area (Å²) in [5.41, 5.74) is 7.37. The van der Waals surface area contributed by atoms with Gasteiger partial charge >= 0.3 is 6.03 Å². The molecule has 3 rings (SSSR count). The zero-order valence-electron chi connectivity index (χ0n) is 16.5. The van der Waals surface area contributed by atoms with Gasteiger partial charge in [-0.05, 0) is 43.0 Å². The number of rotatable bonds is 6. The standard InChI is InChI=1S/C21H23FN6O2.3H2/c1-13(15-5-3-2-4-6-15)27-21(29)28-20-17(22)18(23)16(11-26-20)19(24)30-12-14-7-9-25-10-8-14;;;/h2-3,5,7-11,13,24H,4,6,12H2,1H3,(H4,23,26,27,28,29);3*1H/t13-;;;/m1.../s1. The number of nitrogens with one attached hydrogen (secondary N) is 3. The number of allylic oxidation sites excluding steroid dienone is 3. The third-order valence-corrected chi connectivity index (χ3v) is 4.62. The number of nitrogen functional groups attached to an aromatic ring is 1. The predicted molar refractivity (Wildman–Crippen MR) is 119 cm³/mol. The normalized spacial score (nSPS) is 13.9. The lowest BCUT2D eigenvalue weighted by Gasteiger charge is -2.19. The van der Waals surface area contributed by atoms with Crippen molar-refractivity contribution >= 4 is 23.4 Å². The van der Waals surface area contributed by atoms with Crippen LogP contribution in [0.3, 0.4) is 0 Å². The summed E-state index contributed by atoms with van der Waals surface area (Å²) in [6.45, 7) is 1.96. The summed E-state index contributed by atoms with van der Waals surface area (Å²) >= 11 is 0. The number of carbonyl (C=O) groups is 1. The van der Waals surface area contributed by atoms with Gasteiger partial charge in [-0.2, -0.15) is 0 Å². The van der Waals surface area contributed by atoms with Crippen LogP contribution >= 0.6 is 0 Å². The molecule has 0 bridgehead atoms. The number of halogens is 1. The summed E-state index contributed by atoms with van der Waals surface area (Å²) in [5.74, 6) is -1.56. The highest BCUT2D eigenvalue weighted by Crippen LogP contribution is 2.23. The van der Waals surface area contributed by atoms with Crippen LogP contribution in [0.25, 0.3) is 0 Å². The van der Waals surface area contributed by atoms with E-state index >= 15 is 0 Å². The van der Waals surface area contributed by atoms with Crippen molar-refractivity contribution in [2.45, 2.75) is 32.4 Å². The maximum Gasteiger partial charge on any atom is 0.320 e. The number of urea groups is 1. The van der Waals surface area contributed by atoms with E-state index < -0.39 is 11.8 Å². The SMILES string of the molecule is C[C@@H](NC(=O)Nc1ncc(C(=N)OCc2ccncc2)c(N)c1F)C1=CC=CCC1.[HH].[HH].[HH]. The van der Waals surface area contributed by atoms with E-state index in [4.69, 9.17) is 15.9 Å². The summed E-state index contributed by atoms with van der Waals surface area (Å²) in [6.07, 6.45) is 12.1. The molecule has 1 aliphatic rings. The molecule has 0 fully saturated rings. The minimum atomic E-state index is -0.924. The van der Waals surface area contributed by atoms with Crippen molar-refractivity contribution in [2.24, 2.45) is 0 Å². The fraction of sp³-hybridized carbons (Fsp3) is 0.238. The molecule has 0 aliphatic heterocycles. The van der Waals surface area contributed by atoms with Gasteiger partial charge < -0.3 is 15.8 Å². The van der Waals surface area contributed by atoms with Gasteiger partial charge in [0.25, 0.3) is 0 Å². The quantitative estimate of drug-likeness (QED) is 0.413. The van der Waals surface area contributed by atoms with E-state index in [2.05, 4.69) is 26.7 Å². The van der Waals surface area contributed by atoms with Gasteiger partial charge in [0.05, 0.1) is 11.3 Å². The zero-order valence-corrected chi connectivity index (χ0v) is 16.5. The zero-order chi connectivity index (χ0) is 21.5. The first kappa shape index (κ1) is 21.0. The average Bonchev–Trinajstić information content (AvgIpc) is 2.76. The van der Waals surface area contributed by atoms with Crippen LogP contribution in [0.1, 0.15) is 35.2 Å². The van der Waals surface area contributed by atoms with Crippen LogP contribution in [0.2, 0.25) is 0 Å². The van der Waals surface area contributed by atoms with Crippen LogP contribution in [0.4, 0.5) is 20.7 Å². The van der Waals surface area contributed by atoms with Gasteiger partial charge in [0.15, 0.2) is 11.6 Å². The van der Waals surface area contributed by atoms with Crippen LogP contribution in [-0.2, 0) is 11.3 Å². The fourth-order valence-corrected chi connectivity index (χ4v) is 2.90. The predicted octanol–water partition coefficient (Wildman–Crippen LogP) is 4.26. The van der Waals surface area contributed by atoms with Crippen molar-refractivity contribution in [3.05, 3.63) is 71.5 Å². The molecule has 0 saturated carbocycles. The van der Waals surface area contributed by atoms with E-state index in [9.17, 15) is 9.18 Å². The Hall–Kier alpha value is -3.75. The van der Waals surface area contributed by atoms with Gasteiger partial charge in [-0.15, -0.1) is 0 Å². The number of carbonyl (C=O) groups excluding carboxylic acids is 1. The van der Waals surface area contributed by atoms with E-state index in [1.54, 1.807) is 24.5 Å². The highest BCUT2D eigenvalue weighted by atomic mass is 19.1. The van der Waals surface area contributed by atoms with Crippen molar-refractivity contribution in [3.63, 3.8) is 0 Å². The first-order valence-electron chi connectivity index (χ1n) is 9.43. The number of pyridine rings is 2. The lowest BCUT2D eigenvalue weighted by Crippen LogP contribution is -2.37. The highest BCUT2D eigenvalue weighted by molar-refractivity contribution is 5.98. The lowest BCUT2D eigenvalue weighted by atomic mass is 9.99. The number of nitrogens with zero attached hydrogens (tertiary/aromatic N) is 2. The molecule has 162 valence electrons. The van der Waals surface area contributed by atoms with Crippen molar-refractivity contribution in [3.8, 4) is 0 Å². The maximum absolute atomic E-state index is 14.6. The average molecular weight is 417 g/mol. The molecule has 0 radical (unpaired) electrons. The van der Waals surface area contributed by atoms with Gasteiger partial charge in [0, 0.05) is 28.9 Å². The molecule has 8 nitrogen and oxygen atoms in total. The Bertz CT molecular complexity index is 1000. The number of nitrogens with two attached hydrogens (primary N) is 1. The largest absolute Gasteiger partial charge is 0.473 e. The Labute approximate surface area is 178 Å². The highest BCUT2D eigenvalue weighted by Gasteiger charge is 2.19. The number of aromatic nitrogens is 2. The summed E-state index contributed by atoms with van der Waals surface area (Å²) in [4.78, 5) is 20.0. The molecule has 30 heavy (non-hydrogen) atoms. The minimum absolute atomic E-state index is 0. The first-order chi connectivity index (χ1) is 14.5. The van der Waals surface area contributed by atoms with Crippen molar-refractivity contribution in [2.75, 3.05) is 11.1 Å². The van der Waals surface area contributed by atoms with Gasteiger partial charge in [-0.3, -0.25) is 15.7 Å². The van der Waals surface area contributed by atoms with Crippen LogP contribution in [-0.4, -0.2) is 27.9 Å². The third-order valence-electron chi connectivity index (χ3n) is 4.62. The first-order valence-corrected chi connectivity index (χ1v) is 9.43. The van der Waals surface area contributed by atoms with Gasteiger partial charge in [-0.1, -0.05) is 18.2 Å². The second kappa shape index (κ2) is 9.64. The van der Waals surface area contributed by atoms with Crippen LogP contribution in [0.5, 0.6) is 0 Å². The van der Waals surface area contributed by atoms with E-state index in [1.165, 1.54) is 6.20 Å². The number of hydrogen-bond donors (Lipinski definition) is 4. The van der Waals surface area contributed by atoms with Gasteiger partial charge in [-0.25, -0.2) is 14.2 Å². The van der Waals surface area contributed by atoms with E-state index in [0.717, 1.165) is 24.0 Å². The Morgan fingerprint density at radius 3 is 2.90 bits per heavy atom. The molecule has 2 aromatic rings. The monoisotopic (exact) mass is 416 g/mol. The molecule has 0 spiro atoms. The molecule has 5 N–H and O–H groups in total. The number of ether oxygens (including phenoxy) is 1. The molecule has 9 heteroatoms.